The smallest absolute Gasteiger partial charge is 0.237 e. The van der Waals surface area contributed by atoms with Crippen LogP contribution in [-0.2, 0) is 4.79 Å². The third kappa shape index (κ3) is 4.17. The molecule has 0 spiro atoms. The molecule has 1 fully saturated rings. The normalized spacial score (nSPS) is 30.0. The number of hydrogen-bond acceptors (Lipinski definition) is 3. The van der Waals surface area contributed by atoms with Crippen LogP contribution in [0.15, 0.2) is 23.8 Å². The van der Waals surface area contributed by atoms with Gasteiger partial charge in [-0.1, -0.05) is 23.8 Å². The number of allylic oxidation sites excluding steroid dienone is 2. The van der Waals surface area contributed by atoms with Gasteiger partial charge in [-0.05, 0) is 45.4 Å². The fourth-order valence-corrected chi connectivity index (χ4v) is 3.42. The average Bonchev–Trinajstić information content (AvgIpc) is 2.80. The molecule has 0 unspecified atom stereocenters. The maximum atomic E-state index is 12.1. The van der Waals surface area contributed by atoms with Crippen LogP contribution in [0.25, 0.3) is 0 Å². The van der Waals surface area contributed by atoms with E-state index in [1.54, 1.807) is 0 Å². The topological polar surface area (TPSA) is 58.4 Å². The molecular formula is C17H29N3O. The summed E-state index contributed by atoms with van der Waals surface area (Å²) in [6.07, 6.45) is 6.52. The quantitative estimate of drug-likeness (QED) is 0.760. The van der Waals surface area contributed by atoms with Crippen LogP contribution in [0.2, 0.25) is 0 Å². The molecule has 2 rings (SSSR count). The van der Waals surface area contributed by atoms with E-state index in [4.69, 9.17) is 5.73 Å². The Kier molecular flexibility index (Phi) is 5.59. The molecule has 0 aromatic heterocycles. The number of rotatable bonds is 5. The minimum atomic E-state index is -0.0558. The van der Waals surface area contributed by atoms with E-state index in [0.29, 0.717) is 12.5 Å². The number of likely N-dealkylation sites (N-methyl/N-ethyl adjacent to an activating group) is 1. The van der Waals surface area contributed by atoms with Gasteiger partial charge in [0, 0.05) is 25.7 Å². The van der Waals surface area contributed by atoms with E-state index >= 15 is 0 Å². The maximum Gasteiger partial charge on any atom is 0.237 e. The highest BCUT2D eigenvalue weighted by Crippen LogP contribution is 2.29. The van der Waals surface area contributed by atoms with Crippen LogP contribution in [0.4, 0.5) is 0 Å². The SMILES string of the molecule is C=C(C)[C@@H]1CC=C(CN2C[C@@H](N)C[C@H]2C(=O)NCC)CC1. The molecule has 0 aromatic carbocycles. The van der Waals surface area contributed by atoms with E-state index in [-0.39, 0.29) is 18.0 Å². The highest BCUT2D eigenvalue weighted by atomic mass is 16.2. The monoisotopic (exact) mass is 291 g/mol. The van der Waals surface area contributed by atoms with Gasteiger partial charge in [-0.15, -0.1) is 0 Å². The zero-order valence-corrected chi connectivity index (χ0v) is 13.4. The molecule has 1 heterocycles. The molecule has 4 heteroatoms. The first kappa shape index (κ1) is 16.2. The van der Waals surface area contributed by atoms with Crippen LogP contribution < -0.4 is 11.1 Å². The zero-order valence-electron chi connectivity index (χ0n) is 13.4. The molecule has 2 aliphatic rings. The third-order valence-electron chi connectivity index (χ3n) is 4.70. The Bertz CT molecular complexity index is 430. The summed E-state index contributed by atoms with van der Waals surface area (Å²) in [6, 6.07) is 0.0599. The van der Waals surface area contributed by atoms with Crippen molar-refractivity contribution in [3.05, 3.63) is 23.8 Å². The van der Waals surface area contributed by atoms with E-state index < -0.39 is 0 Å². The van der Waals surface area contributed by atoms with Crippen molar-refractivity contribution in [3.63, 3.8) is 0 Å². The van der Waals surface area contributed by atoms with Crippen molar-refractivity contribution in [2.45, 2.75) is 51.6 Å². The summed E-state index contributed by atoms with van der Waals surface area (Å²) in [5.41, 5.74) is 8.80. The Labute approximate surface area is 128 Å². The number of carbonyl (C=O) groups is 1. The summed E-state index contributed by atoms with van der Waals surface area (Å²) in [5, 5.41) is 2.93. The lowest BCUT2D eigenvalue weighted by molar-refractivity contribution is -0.125. The number of carbonyl (C=O) groups excluding carboxylic acids is 1. The average molecular weight is 291 g/mol. The Morgan fingerprint density at radius 3 is 2.90 bits per heavy atom. The number of nitrogens with two attached hydrogens (primary N) is 1. The van der Waals surface area contributed by atoms with Crippen LogP contribution in [0.3, 0.4) is 0 Å². The molecule has 3 N–H and O–H groups in total. The summed E-state index contributed by atoms with van der Waals surface area (Å²) in [7, 11) is 0. The third-order valence-corrected chi connectivity index (χ3v) is 4.70. The van der Waals surface area contributed by atoms with Gasteiger partial charge in [0.15, 0.2) is 0 Å². The number of likely N-dealkylation sites (tertiary alicyclic amines) is 1. The van der Waals surface area contributed by atoms with Crippen molar-refractivity contribution in [1.29, 1.82) is 0 Å². The first-order chi connectivity index (χ1) is 10.0. The highest BCUT2D eigenvalue weighted by molar-refractivity contribution is 5.82. The van der Waals surface area contributed by atoms with Crippen LogP contribution in [0.1, 0.15) is 39.5 Å². The molecule has 21 heavy (non-hydrogen) atoms. The van der Waals surface area contributed by atoms with Crippen LogP contribution in [0, 0.1) is 5.92 Å². The molecule has 1 aliphatic carbocycles. The number of amides is 1. The minimum absolute atomic E-state index is 0.0558. The second-order valence-electron chi connectivity index (χ2n) is 6.52. The van der Waals surface area contributed by atoms with Crippen molar-refractivity contribution in [3.8, 4) is 0 Å². The molecule has 4 nitrogen and oxygen atoms in total. The molecule has 3 atom stereocenters. The van der Waals surface area contributed by atoms with Crippen molar-refractivity contribution in [2.75, 3.05) is 19.6 Å². The summed E-state index contributed by atoms with van der Waals surface area (Å²) >= 11 is 0. The van der Waals surface area contributed by atoms with E-state index in [1.165, 1.54) is 17.6 Å². The van der Waals surface area contributed by atoms with E-state index in [2.05, 4.69) is 29.8 Å². The summed E-state index contributed by atoms with van der Waals surface area (Å²) in [6.45, 7) is 10.5. The number of nitrogens with one attached hydrogen (secondary N) is 1. The molecule has 118 valence electrons. The van der Waals surface area contributed by atoms with Crippen LogP contribution in [-0.4, -0.2) is 42.5 Å². The fourth-order valence-electron chi connectivity index (χ4n) is 3.42. The van der Waals surface area contributed by atoms with Gasteiger partial charge in [0.25, 0.3) is 0 Å². The molecular weight excluding hydrogens is 262 g/mol. The van der Waals surface area contributed by atoms with Crippen LogP contribution in [0.5, 0.6) is 0 Å². The van der Waals surface area contributed by atoms with Gasteiger partial charge in [0.1, 0.15) is 0 Å². The first-order valence-electron chi connectivity index (χ1n) is 8.11. The Balaban J connectivity index is 1.95. The zero-order chi connectivity index (χ0) is 15.4. The fraction of sp³-hybridized carbons (Fsp3) is 0.706. The Hall–Kier alpha value is -1.13. The molecule has 0 saturated carbocycles. The van der Waals surface area contributed by atoms with Gasteiger partial charge < -0.3 is 11.1 Å². The van der Waals surface area contributed by atoms with E-state index in [0.717, 1.165) is 32.4 Å². The molecule has 0 aromatic rings. The molecule has 0 bridgehead atoms. The number of hydrogen-bond donors (Lipinski definition) is 2. The largest absolute Gasteiger partial charge is 0.355 e. The number of nitrogens with zero attached hydrogens (tertiary/aromatic N) is 1. The minimum Gasteiger partial charge on any atom is -0.355 e. The lowest BCUT2D eigenvalue weighted by atomic mass is 9.85. The second-order valence-corrected chi connectivity index (χ2v) is 6.52. The Morgan fingerprint density at radius 1 is 1.57 bits per heavy atom. The predicted octanol–water partition coefficient (Wildman–Crippen LogP) is 1.83. The lowest BCUT2D eigenvalue weighted by Crippen LogP contribution is -2.44. The molecule has 1 saturated heterocycles. The second kappa shape index (κ2) is 7.23. The van der Waals surface area contributed by atoms with Crippen molar-refractivity contribution in [2.24, 2.45) is 11.7 Å². The molecule has 1 amide bonds. The van der Waals surface area contributed by atoms with Crippen molar-refractivity contribution < 1.29 is 4.79 Å². The first-order valence-corrected chi connectivity index (χ1v) is 8.11. The lowest BCUT2D eigenvalue weighted by Gasteiger charge is -2.28. The summed E-state index contributed by atoms with van der Waals surface area (Å²) in [5.74, 6) is 0.760. The van der Waals surface area contributed by atoms with E-state index in [1.807, 2.05) is 6.92 Å². The van der Waals surface area contributed by atoms with Gasteiger partial charge in [-0.2, -0.15) is 0 Å². The van der Waals surface area contributed by atoms with Crippen molar-refractivity contribution in [1.82, 2.24) is 10.2 Å². The van der Waals surface area contributed by atoms with Gasteiger partial charge in [-0.3, -0.25) is 9.69 Å². The molecule has 0 radical (unpaired) electrons. The highest BCUT2D eigenvalue weighted by Gasteiger charge is 2.35. The Morgan fingerprint density at radius 2 is 2.33 bits per heavy atom. The predicted molar refractivity (Wildman–Crippen MR) is 86.9 cm³/mol. The van der Waals surface area contributed by atoms with Crippen LogP contribution >= 0.6 is 0 Å². The van der Waals surface area contributed by atoms with Gasteiger partial charge in [0.2, 0.25) is 5.91 Å². The van der Waals surface area contributed by atoms with Gasteiger partial charge >= 0.3 is 0 Å². The molecule has 1 aliphatic heterocycles. The van der Waals surface area contributed by atoms with Gasteiger partial charge in [0.05, 0.1) is 6.04 Å². The standard InChI is InChI=1S/C17H29N3O/c1-4-19-17(21)16-9-15(18)11-20(16)10-13-5-7-14(8-6-13)12(2)3/h5,14-16H,2,4,6-11,18H2,1,3H3,(H,19,21)/t14-,15+,16+/m1/s1. The van der Waals surface area contributed by atoms with E-state index in [9.17, 15) is 4.79 Å². The summed E-state index contributed by atoms with van der Waals surface area (Å²) in [4.78, 5) is 14.4. The maximum absolute atomic E-state index is 12.1. The van der Waals surface area contributed by atoms with Crippen molar-refractivity contribution >= 4 is 5.91 Å². The van der Waals surface area contributed by atoms with Gasteiger partial charge in [-0.25, -0.2) is 0 Å². The summed E-state index contributed by atoms with van der Waals surface area (Å²) < 4.78 is 0.